The smallest absolute Gasteiger partial charge is 0.167 e. The zero-order chi connectivity index (χ0) is 19.4. The Morgan fingerprint density at radius 1 is 1.22 bits per heavy atom. The first-order valence-electron chi connectivity index (χ1n) is 9.36. The van der Waals surface area contributed by atoms with E-state index in [4.69, 9.17) is 9.47 Å². The maximum Gasteiger partial charge on any atom is 0.167 e. The van der Waals surface area contributed by atoms with Crippen LogP contribution in [-0.4, -0.2) is 43.1 Å². The Bertz CT molecular complexity index is 807. The van der Waals surface area contributed by atoms with Gasteiger partial charge in [0.05, 0.1) is 14.2 Å². The SMILES string of the molecule is COc1ccc(C(=O)C2CCCN(c3ncncc3C(C)C)C2)cc1OC. The van der Waals surface area contributed by atoms with E-state index < -0.39 is 0 Å². The molecule has 3 rings (SSSR count). The molecule has 0 N–H and O–H groups in total. The van der Waals surface area contributed by atoms with E-state index in [1.807, 2.05) is 12.3 Å². The van der Waals surface area contributed by atoms with Gasteiger partial charge in [0.2, 0.25) is 0 Å². The molecule has 0 radical (unpaired) electrons. The van der Waals surface area contributed by atoms with Crippen LogP contribution in [0.1, 0.15) is 48.5 Å². The van der Waals surface area contributed by atoms with Crippen molar-refractivity contribution in [3.63, 3.8) is 0 Å². The fraction of sp³-hybridized carbons (Fsp3) is 0.476. The van der Waals surface area contributed by atoms with Crippen molar-refractivity contribution in [2.45, 2.75) is 32.6 Å². The summed E-state index contributed by atoms with van der Waals surface area (Å²) in [7, 11) is 3.17. The third-order valence-corrected chi connectivity index (χ3v) is 5.10. The number of piperidine rings is 1. The third-order valence-electron chi connectivity index (χ3n) is 5.10. The number of rotatable bonds is 6. The Kier molecular flexibility index (Phi) is 5.94. The lowest BCUT2D eigenvalue weighted by Crippen LogP contribution is -2.39. The molecule has 1 unspecified atom stereocenters. The van der Waals surface area contributed by atoms with E-state index in [2.05, 4.69) is 28.7 Å². The van der Waals surface area contributed by atoms with Gasteiger partial charge in [-0.1, -0.05) is 13.8 Å². The van der Waals surface area contributed by atoms with Crippen LogP contribution in [0.5, 0.6) is 11.5 Å². The summed E-state index contributed by atoms with van der Waals surface area (Å²) < 4.78 is 10.6. The number of Topliss-reactive ketones (excluding diaryl/α,β-unsaturated/α-hetero) is 1. The average molecular weight is 369 g/mol. The van der Waals surface area contributed by atoms with Crippen LogP contribution in [0, 0.1) is 5.92 Å². The summed E-state index contributed by atoms with van der Waals surface area (Å²) in [5.41, 5.74) is 1.78. The number of carbonyl (C=O) groups is 1. The first-order valence-corrected chi connectivity index (χ1v) is 9.36. The standard InChI is InChI=1S/C21H27N3O3/c1-14(2)17-11-22-13-23-21(17)24-9-5-6-16(12-24)20(25)15-7-8-18(26-3)19(10-15)27-4/h7-8,10-11,13-14,16H,5-6,9,12H2,1-4H3. The van der Waals surface area contributed by atoms with E-state index in [1.54, 1.807) is 32.7 Å². The summed E-state index contributed by atoms with van der Waals surface area (Å²) >= 11 is 0. The van der Waals surface area contributed by atoms with Gasteiger partial charge in [-0.25, -0.2) is 9.97 Å². The number of carbonyl (C=O) groups excluding carboxylic acids is 1. The minimum Gasteiger partial charge on any atom is -0.493 e. The molecular formula is C21H27N3O3. The molecule has 1 aliphatic heterocycles. The van der Waals surface area contributed by atoms with Crippen molar-refractivity contribution in [3.8, 4) is 11.5 Å². The van der Waals surface area contributed by atoms with Crippen molar-refractivity contribution in [2.75, 3.05) is 32.2 Å². The number of nitrogens with zero attached hydrogens (tertiary/aromatic N) is 3. The molecule has 144 valence electrons. The Balaban J connectivity index is 1.81. The average Bonchev–Trinajstić information content (AvgIpc) is 2.72. The lowest BCUT2D eigenvalue weighted by molar-refractivity contribution is 0.0906. The van der Waals surface area contributed by atoms with Gasteiger partial charge in [0, 0.05) is 36.3 Å². The minimum absolute atomic E-state index is 0.0631. The van der Waals surface area contributed by atoms with Crippen molar-refractivity contribution in [3.05, 3.63) is 41.9 Å². The summed E-state index contributed by atoms with van der Waals surface area (Å²) in [5.74, 6) is 2.57. The zero-order valence-corrected chi connectivity index (χ0v) is 16.4. The molecule has 1 atom stereocenters. The van der Waals surface area contributed by atoms with E-state index >= 15 is 0 Å². The molecule has 6 nitrogen and oxygen atoms in total. The Labute approximate surface area is 160 Å². The van der Waals surface area contributed by atoms with Crippen LogP contribution >= 0.6 is 0 Å². The van der Waals surface area contributed by atoms with E-state index in [1.165, 1.54) is 0 Å². The summed E-state index contributed by atoms with van der Waals surface area (Å²) in [5, 5.41) is 0. The Morgan fingerprint density at radius 2 is 2.00 bits per heavy atom. The van der Waals surface area contributed by atoms with Crippen molar-refractivity contribution >= 4 is 11.6 Å². The van der Waals surface area contributed by atoms with Gasteiger partial charge in [0.25, 0.3) is 0 Å². The monoisotopic (exact) mass is 369 g/mol. The molecule has 6 heteroatoms. The topological polar surface area (TPSA) is 64.5 Å². The van der Waals surface area contributed by atoms with Crippen LogP contribution < -0.4 is 14.4 Å². The molecule has 0 saturated carbocycles. The van der Waals surface area contributed by atoms with Gasteiger partial charge in [0.1, 0.15) is 12.1 Å². The van der Waals surface area contributed by atoms with Crippen LogP contribution in [0.15, 0.2) is 30.7 Å². The number of anilines is 1. The van der Waals surface area contributed by atoms with Gasteiger partial charge in [0.15, 0.2) is 17.3 Å². The third kappa shape index (κ3) is 4.04. The highest BCUT2D eigenvalue weighted by Gasteiger charge is 2.29. The lowest BCUT2D eigenvalue weighted by Gasteiger charge is -2.34. The molecule has 0 bridgehead atoms. The number of hydrogen-bond acceptors (Lipinski definition) is 6. The number of methoxy groups -OCH3 is 2. The number of ether oxygens (including phenoxy) is 2. The molecule has 2 aromatic rings. The van der Waals surface area contributed by atoms with Crippen molar-refractivity contribution in [2.24, 2.45) is 5.92 Å². The van der Waals surface area contributed by atoms with E-state index in [0.717, 1.165) is 30.8 Å². The van der Waals surface area contributed by atoms with Crippen LogP contribution in [0.2, 0.25) is 0 Å². The molecule has 1 aromatic heterocycles. The molecule has 1 saturated heterocycles. The Morgan fingerprint density at radius 3 is 2.70 bits per heavy atom. The molecular weight excluding hydrogens is 342 g/mol. The maximum atomic E-state index is 13.1. The molecule has 27 heavy (non-hydrogen) atoms. The van der Waals surface area contributed by atoms with Gasteiger partial charge < -0.3 is 14.4 Å². The first-order chi connectivity index (χ1) is 13.0. The summed E-state index contributed by atoms with van der Waals surface area (Å²) in [6.45, 7) is 5.85. The van der Waals surface area contributed by atoms with Gasteiger partial charge in [-0.2, -0.15) is 0 Å². The zero-order valence-electron chi connectivity index (χ0n) is 16.4. The molecule has 1 aliphatic rings. The van der Waals surface area contributed by atoms with Gasteiger partial charge >= 0.3 is 0 Å². The number of ketones is 1. The molecule has 0 spiro atoms. The molecule has 1 aromatic carbocycles. The summed E-state index contributed by atoms with van der Waals surface area (Å²) in [6, 6.07) is 5.37. The minimum atomic E-state index is -0.0631. The van der Waals surface area contributed by atoms with Gasteiger partial charge in [-0.15, -0.1) is 0 Å². The number of benzene rings is 1. The quantitative estimate of drug-likeness (QED) is 0.723. The molecule has 1 fully saturated rings. The molecule has 2 heterocycles. The molecule has 0 amide bonds. The van der Waals surface area contributed by atoms with Crippen LogP contribution in [0.4, 0.5) is 5.82 Å². The van der Waals surface area contributed by atoms with Gasteiger partial charge in [-0.3, -0.25) is 4.79 Å². The second kappa shape index (κ2) is 8.37. The highest BCUT2D eigenvalue weighted by atomic mass is 16.5. The van der Waals surface area contributed by atoms with Crippen LogP contribution in [-0.2, 0) is 0 Å². The fourth-order valence-electron chi connectivity index (χ4n) is 3.61. The van der Waals surface area contributed by atoms with Crippen molar-refractivity contribution in [1.29, 1.82) is 0 Å². The van der Waals surface area contributed by atoms with E-state index in [-0.39, 0.29) is 11.7 Å². The molecule has 0 aliphatic carbocycles. The van der Waals surface area contributed by atoms with E-state index in [0.29, 0.717) is 29.5 Å². The van der Waals surface area contributed by atoms with Crippen molar-refractivity contribution in [1.82, 2.24) is 9.97 Å². The first kappa shape index (κ1) is 19.1. The van der Waals surface area contributed by atoms with Crippen molar-refractivity contribution < 1.29 is 14.3 Å². The largest absolute Gasteiger partial charge is 0.493 e. The lowest BCUT2D eigenvalue weighted by atomic mass is 9.89. The van der Waals surface area contributed by atoms with E-state index in [9.17, 15) is 4.79 Å². The predicted molar refractivity (Wildman–Crippen MR) is 105 cm³/mol. The number of aromatic nitrogens is 2. The van der Waals surface area contributed by atoms with Crippen LogP contribution in [0.25, 0.3) is 0 Å². The summed E-state index contributed by atoms with van der Waals surface area (Å²) in [4.78, 5) is 24.0. The van der Waals surface area contributed by atoms with Gasteiger partial charge in [-0.05, 0) is 37.0 Å². The Hall–Kier alpha value is -2.63. The highest BCUT2D eigenvalue weighted by Crippen LogP contribution is 2.32. The number of hydrogen-bond donors (Lipinski definition) is 0. The predicted octanol–water partition coefficient (Wildman–Crippen LogP) is 3.72. The fourth-order valence-corrected chi connectivity index (χ4v) is 3.61. The normalized spacial score (nSPS) is 17.1. The summed E-state index contributed by atoms with van der Waals surface area (Å²) in [6.07, 6.45) is 5.31. The second-order valence-electron chi connectivity index (χ2n) is 7.18. The highest BCUT2D eigenvalue weighted by molar-refractivity contribution is 5.99. The second-order valence-corrected chi connectivity index (χ2v) is 7.18. The maximum absolute atomic E-state index is 13.1. The van der Waals surface area contributed by atoms with Crippen LogP contribution in [0.3, 0.4) is 0 Å².